The lowest BCUT2D eigenvalue weighted by atomic mass is 9.93. The number of carbonyl (C=O) groups excluding carboxylic acids is 2. The van der Waals surface area contributed by atoms with Gasteiger partial charge in [0.2, 0.25) is 0 Å². The van der Waals surface area contributed by atoms with E-state index in [1.165, 1.54) is 59.7 Å². The fourth-order valence-corrected chi connectivity index (χ4v) is 8.45. The Bertz CT molecular complexity index is 1360. The molecule has 1 aromatic carbocycles. The third kappa shape index (κ3) is 5.37. The smallest absolute Gasteiger partial charge is 0.262 e. The molecule has 1 aliphatic rings. The Morgan fingerprint density at radius 3 is 1.78 bits per heavy atom. The van der Waals surface area contributed by atoms with Crippen LogP contribution in [0.3, 0.4) is 0 Å². The first-order valence-electron chi connectivity index (χ1n) is 12.6. The van der Waals surface area contributed by atoms with Crippen LogP contribution in [0.15, 0.2) is 31.8 Å². The third-order valence-corrected chi connectivity index (χ3v) is 10.6. The highest BCUT2D eigenvalue weighted by molar-refractivity contribution is 9.11. The van der Waals surface area contributed by atoms with E-state index in [2.05, 4.69) is 54.5 Å². The van der Waals surface area contributed by atoms with Crippen LogP contribution in [0.4, 0.5) is 0 Å². The fourth-order valence-electron chi connectivity index (χ4n) is 5.01. The summed E-state index contributed by atoms with van der Waals surface area (Å²) >= 11 is 11.3. The van der Waals surface area contributed by atoms with E-state index in [0.717, 1.165) is 53.0 Å². The van der Waals surface area contributed by atoms with Crippen LogP contribution in [-0.4, -0.2) is 32.0 Å². The highest BCUT2D eigenvalue weighted by atomic mass is 79.9. The van der Waals surface area contributed by atoms with E-state index >= 15 is 0 Å². The summed E-state index contributed by atoms with van der Waals surface area (Å²) < 4.78 is 11.2. The van der Waals surface area contributed by atoms with Gasteiger partial charge in [-0.05, 0) is 68.5 Å². The Kier molecular flexibility index (Phi) is 8.60. The van der Waals surface area contributed by atoms with Crippen molar-refractivity contribution in [1.29, 1.82) is 0 Å². The standard InChI is InChI=1S/C27H27Br2N3O2S3/c1-3-4-5-6-7-8-9-15(2)14-32-26(33)22-20(16-10-12-18(28)35-16)24-25(31-37-30-24)21(23(22)27(32)34)17-11-13-19(29)36-17/h10-13,15H,3-9,14H2,1-2H3. The summed E-state index contributed by atoms with van der Waals surface area (Å²) in [5.41, 5.74) is 3.73. The molecular formula is C27H27Br2N3O2S3. The predicted octanol–water partition coefficient (Wildman–Crippen LogP) is 9.66. The van der Waals surface area contributed by atoms with E-state index in [0.29, 0.717) is 28.7 Å². The van der Waals surface area contributed by atoms with Gasteiger partial charge in [0.25, 0.3) is 11.8 Å². The Morgan fingerprint density at radius 2 is 1.30 bits per heavy atom. The van der Waals surface area contributed by atoms with Crippen LogP contribution in [0.5, 0.6) is 0 Å². The number of hydrogen-bond donors (Lipinski definition) is 0. The molecule has 1 atom stereocenters. The van der Waals surface area contributed by atoms with E-state index in [9.17, 15) is 9.59 Å². The maximum atomic E-state index is 14.0. The number of amides is 2. The maximum absolute atomic E-state index is 14.0. The number of rotatable bonds is 11. The fraction of sp³-hybridized carbons (Fsp3) is 0.407. The van der Waals surface area contributed by atoms with Crippen molar-refractivity contribution in [2.45, 2.75) is 58.8 Å². The first-order valence-corrected chi connectivity index (χ1v) is 16.6. The number of carbonyl (C=O) groups is 2. The zero-order chi connectivity index (χ0) is 26.1. The van der Waals surface area contributed by atoms with Crippen molar-refractivity contribution in [3.05, 3.63) is 43.0 Å². The van der Waals surface area contributed by atoms with Gasteiger partial charge >= 0.3 is 0 Å². The molecule has 0 saturated heterocycles. The Labute approximate surface area is 245 Å². The molecule has 0 aliphatic carbocycles. The van der Waals surface area contributed by atoms with E-state index in [4.69, 9.17) is 0 Å². The van der Waals surface area contributed by atoms with Crippen molar-refractivity contribution in [2.75, 3.05) is 6.54 Å². The normalized spacial score (nSPS) is 14.2. The number of fused-ring (bicyclic) bond motifs is 2. The van der Waals surface area contributed by atoms with Gasteiger partial charge in [-0.3, -0.25) is 14.5 Å². The minimum Gasteiger partial charge on any atom is -0.274 e. The van der Waals surface area contributed by atoms with Crippen LogP contribution in [0, 0.1) is 5.92 Å². The first kappa shape index (κ1) is 27.1. The Morgan fingerprint density at radius 1 is 0.784 bits per heavy atom. The topological polar surface area (TPSA) is 63.2 Å². The number of benzene rings is 1. The molecule has 5 nitrogen and oxygen atoms in total. The van der Waals surface area contributed by atoms with Gasteiger partial charge in [0.05, 0.1) is 30.4 Å². The second kappa shape index (κ2) is 11.7. The summed E-state index contributed by atoms with van der Waals surface area (Å²) in [6.07, 6.45) is 8.41. The van der Waals surface area contributed by atoms with Crippen molar-refractivity contribution in [1.82, 2.24) is 13.6 Å². The predicted molar refractivity (Wildman–Crippen MR) is 162 cm³/mol. The van der Waals surface area contributed by atoms with Crippen molar-refractivity contribution in [3.63, 3.8) is 0 Å². The molecule has 1 aliphatic heterocycles. The molecule has 1 unspecified atom stereocenters. The first-order chi connectivity index (χ1) is 17.9. The molecule has 0 bridgehead atoms. The average Bonchev–Trinajstić information content (AvgIpc) is 3.66. The second-order valence-corrected chi connectivity index (χ2v) is 15.0. The SMILES string of the molecule is CCCCCCCCC(C)CN1C(=O)c2c(c(-c3ccc(Br)s3)c3nsnc3c2-c2ccc(Br)s2)C1=O. The minimum absolute atomic E-state index is 0.221. The molecular weight excluding hydrogens is 654 g/mol. The number of hydrogen-bond acceptors (Lipinski definition) is 7. The zero-order valence-electron chi connectivity index (χ0n) is 20.7. The summed E-state index contributed by atoms with van der Waals surface area (Å²) in [6.45, 7) is 4.80. The summed E-state index contributed by atoms with van der Waals surface area (Å²) in [4.78, 5) is 31.3. The molecule has 37 heavy (non-hydrogen) atoms. The summed E-state index contributed by atoms with van der Waals surface area (Å²) in [6, 6.07) is 7.88. The molecule has 5 rings (SSSR count). The highest BCUT2D eigenvalue weighted by Gasteiger charge is 2.43. The average molecular weight is 682 g/mol. The molecule has 0 spiro atoms. The van der Waals surface area contributed by atoms with Gasteiger partial charge in [-0.2, -0.15) is 8.75 Å². The quantitative estimate of drug-likeness (QED) is 0.117. The monoisotopic (exact) mass is 679 g/mol. The van der Waals surface area contributed by atoms with Crippen molar-refractivity contribution >= 4 is 89.1 Å². The third-order valence-electron chi connectivity index (χ3n) is 6.81. The van der Waals surface area contributed by atoms with E-state index in [1.807, 2.05) is 24.3 Å². The number of imide groups is 1. The van der Waals surface area contributed by atoms with E-state index in [-0.39, 0.29) is 17.7 Å². The van der Waals surface area contributed by atoms with Crippen molar-refractivity contribution < 1.29 is 9.59 Å². The van der Waals surface area contributed by atoms with Gasteiger partial charge in [0.1, 0.15) is 11.0 Å². The van der Waals surface area contributed by atoms with Gasteiger partial charge in [0.15, 0.2) is 0 Å². The van der Waals surface area contributed by atoms with E-state index < -0.39 is 0 Å². The number of thiophene rings is 2. The molecule has 4 heterocycles. The van der Waals surface area contributed by atoms with Gasteiger partial charge in [-0.25, -0.2) is 0 Å². The van der Waals surface area contributed by atoms with Crippen LogP contribution in [0.1, 0.15) is 79.5 Å². The van der Waals surface area contributed by atoms with E-state index in [1.54, 1.807) is 0 Å². The lowest BCUT2D eigenvalue weighted by Gasteiger charge is -2.19. The maximum Gasteiger partial charge on any atom is 0.262 e. The van der Waals surface area contributed by atoms with Crippen LogP contribution < -0.4 is 0 Å². The number of halogens is 2. The molecule has 0 N–H and O–H groups in total. The summed E-state index contributed by atoms with van der Waals surface area (Å²) in [5, 5.41) is 0. The van der Waals surface area contributed by atoms with Crippen molar-refractivity contribution in [3.8, 4) is 20.9 Å². The van der Waals surface area contributed by atoms with Crippen LogP contribution in [0.25, 0.3) is 31.9 Å². The largest absolute Gasteiger partial charge is 0.274 e. The Hall–Kier alpha value is -1.46. The van der Waals surface area contributed by atoms with Gasteiger partial charge < -0.3 is 0 Å². The van der Waals surface area contributed by atoms with Crippen LogP contribution in [-0.2, 0) is 0 Å². The molecule has 10 heteroatoms. The molecule has 0 radical (unpaired) electrons. The number of unbranched alkanes of at least 4 members (excludes halogenated alkanes) is 5. The molecule has 194 valence electrons. The number of aromatic nitrogens is 2. The van der Waals surface area contributed by atoms with Crippen LogP contribution in [0.2, 0.25) is 0 Å². The number of nitrogens with zero attached hydrogens (tertiary/aromatic N) is 3. The highest BCUT2D eigenvalue weighted by Crippen LogP contribution is 2.48. The summed E-state index contributed by atoms with van der Waals surface area (Å²) in [7, 11) is 0. The molecule has 0 fully saturated rings. The Balaban J connectivity index is 1.53. The lowest BCUT2D eigenvalue weighted by molar-refractivity contribution is 0.0630. The lowest BCUT2D eigenvalue weighted by Crippen LogP contribution is -2.34. The van der Waals surface area contributed by atoms with Gasteiger partial charge in [-0.15, -0.1) is 22.7 Å². The van der Waals surface area contributed by atoms with Gasteiger partial charge in [-0.1, -0.05) is 52.4 Å². The van der Waals surface area contributed by atoms with Crippen LogP contribution >= 0.6 is 66.3 Å². The minimum atomic E-state index is -0.221. The van der Waals surface area contributed by atoms with Crippen molar-refractivity contribution in [2.24, 2.45) is 5.92 Å². The molecule has 2 amide bonds. The second-order valence-electron chi connectivity index (χ2n) is 9.55. The summed E-state index contributed by atoms with van der Waals surface area (Å²) in [5.74, 6) is -0.203. The molecule has 0 saturated carbocycles. The molecule has 3 aromatic heterocycles. The zero-order valence-corrected chi connectivity index (χ0v) is 26.3. The molecule has 4 aromatic rings. The van der Waals surface area contributed by atoms with Gasteiger partial charge in [0, 0.05) is 27.4 Å².